The zero-order valence-electron chi connectivity index (χ0n) is 17.1. The molecule has 2 atom stereocenters. The summed E-state index contributed by atoms with van der Waals surface area (Å²) in [6.07, 6.45) is -5.35. The molecule has 174 valence electrons. The van der Waals surface area contributed by atoms with Gasteiger partial charge in [-0.05, 0) is 30.2 Å². The minimum atomic E-state index is -4.84. The summed E-state index contributed by atoms with van der Waals surface area (Å²) in [4.78, 5) is 16.3. The van der Waals surface area contributed by atoms with Crippen LogP contribution in [0.3, 0.4) is 0 Å². The van der Waals surface area contributed by atoms with Crippen LogP contribution in [0.1, 0.15) is 28.8 Å². The maximum Gasteiger partial charge on any atom is 0.425 e. The molecule has 12 heteroatoms. The average molecular weight is 486 g/mol. The molecule has 4 rings (SSSR count). The molecule has 0 bridgehead atoms. The molecule has 0 spiro atoms. The van der Waals surface area contributed by atoms with E-state index in [1.807, 2.05) is 0 Å². The third-order valence-electron chi connectivity index (χ3n) is 5.40. The first-order valence-corrected chi connectivity index (χ1v) is 10.1. The first-order valence-electron chi connectivity index (χ1n) is 9.72. The topological polar surface area (TPSA) is 86.3 Å². The van der Waals surface area contributed by atoms with E-state index in [2.05, 4.69) is 24.7 Å². The van der Waals surface area contributed by atoms with Gasteiger partial charge in [0.05, 0.1) is 16.2 Å². The number of rotatable bonds is 4. The predicted octanol–water partition coefficient (Wildman–Crippen LogP) is 4.55. The SMILES string of the molecule is Cc1cc(Cc2ncnc3cc(Cl)cnc23)cc([C@]2(CF)C[C@@H](C(F)(F)F)OC(N)=N2)c1F. The highest BCUT2D eigenvalue weighted by Crippen LogP contribution is 2.42. The second-order valence-corrected chi connectivity index (χ2v) is 8.20. The van der Waals surface area contributed by atoms with Gasteiger partial charge in [-0.2, -0.15) is 13.2 Å². The van der Waals surface area contributed by atoms with Crippen LogP contribution in [-0.2, 0) is 16.7 Å². The summed E-state index contributed by atoms with van der Waals surface area (Å²) in [7, 11) is 0. The van der Waals surface area contributed by atoms with Crippen LogP contribution >= 0.6 is 11.6 Å². The molecule has 1 aliphatic heterocycles. The number of nitrogens with zero attached hydrogens (tertiary/aromatic N) is 4. The fourth-order valence-electron chi connectivity index (χ4n) is 3.87. The van der Waals surface area contributed by atoms with E-state index in [9.17, 15) is 17.6 Å². The highest BCUT2D eigenvalue weighted by atomic mass is 35.5. The Kier molecular flexibility index (Phi) is 5.85. The van der Waals surface area contributed by atoms with Crippen LogP contribution < -0.4 is 5.73 Å². The predicted molar refractivity (Wildman–Crippen MR) is 111 cm³/mol. The van der Waals surface area contributed by atoms with Crippen molar-refractivity contribution in [3.8, 4) is 0 Å². The monoisotopic (exact) mass is 485 g/mol. The number of amidine groups is 1. The van der Waals surface area contributed by atoms with Crippen LogP contribution in [0.5, 0.6) is 0 Å². The molecule has 0 aliphatic carbocycles. The molecule has 0 saturated carbocycles. The molecule has 0 amide bonds. The lowest BCUT2D eigenvalue weighted by Gasteiger charge is -2.37. The number of benzene rings is 1. The van der Waals surface area contributed by atoms with E-state index < -0.39 is 42.8 Å². The highest BCUT2D eigenvalue weighted by Gasteiger charge is 2.52. The van der Waals surface area contributed by atoms with Gasteiger partial charge in [-0.25, -0.2) is 23.7 Å². The van der Waals surface area contributed by atoms with E-state index in [4.69, 9.17) is 17.3 Å². The summed E-state index contributed by atoms with van der Waals surface area (Å²) in [6.45, 7) is 0.0258. The number of aliphatic imine (C=N–C) groups is 1. The number of fused-ring (bicyclic) bond motifs is 1. The highest BCUT2D eigenvalue weighted by molar-refractivity contribution is 6.31. The van der Waals surface area contributed by atoms with Crippen molar-refractivity contribution < 1.29 is 26.7 Å². The van der Waals surface area contributed by atoms with Crippen LogP contribution in [0.4, 0.5) is 22.0 Å². The van der Waals surface area contributed by atoms with Crippen molar-refractivity contribution in [1.29, 1.82) is 0 Å². The van der Waals surface area contributed by atoms with Gasteiger partial charge in [-0.3, -0.25) is 4.98 Å². The van der Waals surface area contributed by atoms with Crippen LogP contribution in [-0.4, -0.2) is 39.9 Å². The van der Waals surface area contributed by atoms with Crippen molar-refractivity contribution >= 4 is 28.7 Å². The van der Waals surface area contributed by atoms with Crippen LogP contribution in [0.2, 0.25) is 5.02 Å². The van der Waals surface area contributed by atoms with Gasteiger partial charge in [-0.15, -0.1) is 0 Å². The van der Waals surface area contributed by atoms with Gasteiger partial charge >= 0.3 is 6.18 Å². The number of aromatic nitrogens is 3. The van der Waals surface area contributed by atoms with E-state index in [0.29, 0.717) is 27.3 Å². The second-order valence-electron chi connectivity index (χ2n) is 7.76. The number of pyridine rings is 1. The van der Waals surface area contributed by atoms with E-state index in [1.54, 1.807) is 6.07 Å². The summed E-state index contributed by atoms with van der Waals surface area (Å²) >= 11 is 5.95. The van der Waals surface area contributed by atoms with Gasteiger partial charge in [0.15, 0.2) is 6.10 Å². The Balaban J connectivity index is 1.80. The minimum Gasteiger partial charge on any atom is -0.452 e. The molecule has 2 N–H and O–H groups in total. The first kappa shape index (κ1) is 23.1. The molecule has 2 aromatic heterocycles. The fourth-order valence-corrected chi connectivity index (χ4v) is 4.02. The van der Waals surface area contributed by atoms with Gasteiger partial charge in [-0.1, -0.05) is 17.7 Å². The quantitative estimate of drug-likeness (QED) is 0.548. The summed E-state index contributed by atoms with van der Waals surface area (Å²) in [5.74, 6) is -0.867. The number of hydrogen-bond acceptors (Lipinski definition) is 6. The van der Waals surface area contributed by atoms with Crippen molar-refractivity contribution in [3.05, 3.63) is 63.9 Å². The van der Waals surface area contributed by atoms with Crippen LogP contribution in [0.25, 0.3) is 11.0 Å². The Labute approximate surface area is 189 Å². The number of halogens is 6. The van der Waals surface area contributed by atoms with E-state index in [1.165, 1.54) is 31.6 Å². The molecule has 1 aromatic carbocycles. The number of aryl methyl sites for hydroxylation is 1. The van der Waals surface area contributed by atoms with Gasteiger partial charge < -0.3 is 10.5 Å². The van der Waals surface area contributed by atoms with Crippen LogP contribution in [0, 0.1) is 12.7 Å². The lowest BCUT2D eigenvalue weighted by Crippen LogP contribution is -2.48. The Morgan fingerprint density at radius 3 is 2.67 bits per heavy atom. The second kappa shape index (κ2) is 8.36. The van der Waals surface area contributed by atoms with Crippen molar-refractivity contribution in [1.82, 2.24) is 15.0 Å². The normalized spacial score (nSPS) is 21.1. The van der Waals surface area contributed by atoms with Gasteiger partial charge in [0.25, 0.3) is 6.02 Å². The van der Waals surface area contributed by atoms with Gasteiger partial charge in [0.1, 0.15) is 29.9 Å². The zero-order chi connectivity index (χ0) is 24.0. The molecule has 3 aromatic rings. The Morgan fingerprint density at radius 1 is 1.21 bits per heavy atom. The zero-order valence-corrected chi connectivity index (χ0v) is 17.9. The molecule has 3 heterocycles. The van der Waals surface area contributed by atoms with Crippen molar-refractivity contribution in [2.24, 2.45) is 10.7 Å². The average Bonchev–Trinajstić information content (AvgIpc) is 2.75. The lowest BCUT2D eigenvalue weighted by molar-refractivity contribution is -0.209. The Hall–Kier alpha value is -3.08. The fraction of sp³-hybridized carbons (Fsp3) is 0.333. The van der Waals surface area contributed by atoms with Gasteiger partial charge in [0.2, 0.25) is 0 Å². The molecule has 33 heavy (non-hydrogen) atoms. The first-order chi connectivity index (χ1) is 15.5. The maximum atomic E-state index is 15.1. The smallest absolute Gasteiger partial charge is 0.425 e. The largest absolute Gasteiger partial charge is 0.452 e. The Bertz CT molecular complexity index is 1250. The van der Waals surface area contributed by atoms with E-state index >= 15 is 4.39 Å². The summed E-state index contributed by atoms with van der Waals surface area (Å²) < 4.78 is 74.0. The van der Waals surface area contributed by atoms with Crippen molar-refractivity contribution in [3.63, 3.8) is 0 Å². The summed E-state index contributed by atoms with van der Waals surface area (Å²) in [5.41, 5.74) is 4.91. The number of hydrogen-bond donors (Lipinski definition) is 1. The standard InChI is InChI=1S/C21H17ClF5N5O/c1-10-2-11(4-14-18-15(31-9-30-14)5-12(22)7-29-18)3-13(17(10)24)20(8-23)6-16(21(25,26)27)33-19(28)32-20/h2-3,5,7,9,16H,4,6,8H2,1H3,(H2,28,32)/t16-,20+/m0/s1. The minimum absolute atomic E-state index is 0.105. The molecule has 0 saturated heterocycles. The Morgan fingerprint density at radius 2 is 1.97 bits per heavy atom. The van der Waals surface area contributed by atoms with Crippen molar-refractivity contribution in [2.75, 3.05) is 6.67 Å². The molecule has 6 nitrogen and oxygen atoms in total. The maximum absolute atomic E-state index is 15.1. The molecular weight excluding hydrogens is 469 g/mol. The third-order valence-corrected chi connectivity index (χ3v) is 5.61. The summed E-state index contributed by atoms with van der Waals surface area (Å²) in [5, 5.41) is 0.381. The van der Waals surface area contributed by atoms with E-state index in [0.717, 1.165) is 0 Å². The van der Waals surface area contributed by atoms with Gasteiger partial charge in [0, 0.05) is 24.6 Å². The number of ether oxygens (including phenoxy) is 1. The van der Waals surface area contributed by atoms with Crippen molar-refractivity contribution in [2.45, 2.75) is 37.6 Å². The third kappa shape index (κ3) is 4.41. The molecule has 0 radical (unpaired) electrons. The molecule has 0 fully saturated rings. The molecule has 1 aliphatic rings. The molecule has 0 unspecified atom stereocenters. The number of nitrogens with two attached hydrogens (primary N) is 1. The van der Waals surface area contributed by atoms with E-state index in [-0.39, 0.29) is 17.5 Å². The number of alkyl halides is 4. The van der Waals surface area contributed by atoms with Crippen LogP contribution in [0.15, 0.2) is 35.7 Å². The molecular formula is C21H17ClF5N5O. The summed E-state index contributed by atoms with van der Waals surface area (Å²) in [6, 6.07) is 3.53. The lowest BCUT2D eigenvalue weighted by atomic mass is 9.82.